The van der Waals surface area contributed by atoms with Gasteiger partial charge in [0.1, 0.15) is 11.3 Å². The Bertz CT molecular complexity index is 632. The maximum Gasteiger partial charge on any atom is 0.328 e. The van der Waals surface area contributed by atoms with Crippen LogP contribution in [0.2, 0.25) is 0 Å². The van der Waals surface area contributed by atoms with Crippen LogP contribution in [0.25, 0.3) is 17.0 Å². The number of methoxy groups -OCH3 is 1. The van der Waals surface area contributed by atoms with Gasteiger partial charge < -0.3 is 9.84 Å². The van der Waals surface area contributed by atoms with E-state index in [1.807, 2.05) is 31.2 Å². The Morgan fingerprint density at radius 1 is 1.44 bits per heavy atom. The molecule has 18 heavy (non-hydrogen) atoms. The van der Waals surface area contributed by atoms with Crippen LogP contribution in [0.5, 0.6) is 5.75 Å². The first-order chi connectivity index (χ1) is 8.61. The predicted octanol–water partition coefficient (Wildman–Crippen LogP) is 2.65. The van der Waals surface area contributed by atoms with Gasteiger partial charge in [-0.1, -0.05) is 12.1 Å². The molecule has 0 amide bonds. The predicted molar refractivity (Wildman–Crippen MR) is 69.7 cm³/mol. The molecule has 0 aliphatic heterocycles. The van der Waals surface area contributed by atoms with Crippen LogP contribution in [0.15, 0.2) is 30.3 Å². The van der Waals surface area contributed by atoms with Crippen LogP contribution in [0.3, 0.4) is 0 Å². The van der Waals surface area contributed by atoms with Crippen molar-refractivity contribution < 1.29 is 14.6 Å². The van der Waals surface area contributed by atoms with Crippen molar-refractivity contribution in [2.24, 2.45) is 0 Å². The molecule has 0 saturated heterocycles. The van der Waals surface area contributed by atoms with Crippen LogP contribution >= 0.6 is 0 Å². The van der Waals surface area contributed by atoms with Gasteiger partial charge in [0, 0.05) is 11.5 Å². The molecule has 0 atom stereocenters. The number of hydrogen-bond acceptors (Lipinski definition) is 3. The first kappa shape index (κ1) is 12.1. The molecule has 1 aromatic heterocycles. The Hall–Kier alpha value is -2.36. The summed E-state index contributed by atoms with van der Waals surface area (Å²) in [5.74, 6) is -0.309. The number of para-hydroxylation sites is 1. The Kier molecular flexibility index (Phi) is 3.28. The minimum Gasteiger partial charge on any atom is -0.494 e. The zero-order chi connectivity index (χ0) is 13.1. The average molecular weight is 243 g/mol. The van der Waals surface area contributed by atoms with Crippen LogP contribution in [-0.4, -0.2) is 23.2 Å². The minimum absolute atomic E-state index is 0.604. The fourth-order valence-corrected chi connectivity index (χ4v) is 1.82. The second-order valence-corrected chi connectivity index (χ2v) is 3.89. The number of ether oxygens (including phenoxy) is 1. The number of pyridine rings is 1. The highest BCUT2D eigenvalue weighted by atomic mass is 16.5. The van der Waals surface area contributed by atoms with Crippen molar-refractivity contribution in [3.63, 3.8) is 0 Å². The van der Waals surface area contributed by atoms with Crippen molar-refractivity contribution in [1.82, 2.24) is 4.98 Å². The number of fused-ring (bicyclic) bond motifs is 1. The van der Waals surface area contributed by atoms with Gasteiger partial charge in [0.05, 0.1) is 12.8 Å². The fourth-order valence-electron chi connectivity index (χ4n) is 1.82. The van der Waals surface area contributed by atoms with E-state index < -0.39 is 5.97 Å². The van der Waals surface area contributed by atoms with Gasteiger partial charge in [-0.05, 0) is 30.7 Å². The first-order valence-corrected chi connectivity index (χ1v) is 5.47. The molecule has 2 rings (SSSR count). The molecule has 1 aromatic carbocycles. The quantitative estimate of drug-likeness (QED) is 0.842. The molecule has 92 valence electrons. The summed E-state index contributed by atoms with van der Waals surface area (Å²) >= 11 is 0. The summed E-state index contributed by atoms with van der Waals surface area (Å²) in [5, 5.41) is 9.62. The summed E-state index contributed by atoms with van der Waals surface area (Å²) in [7, 11) is 1.59. The molecule has 4 heteroatoms. The summed E-state index contributed by atoms with van der Waals surface area (Å²) in [5.41, 5.74) is 2.38. The molecule has 0 saturated carbocycles. The third-order valence-electron chi connectivity index (χ3n) is 2.65. The normalized spacial score (nSPS) is 11.0. The van der Waals surface area contributed by atoms with Gasteiger partial charge in [0.25, 0.3) is 0 Å². The van der Waals surface area contributed by atoms with E-state index >= 15 is 0 Å². The molecule has 0 bridgehead atoms. The SMILES string of the molecule is COc1cccc2c(C)cc(/C=C/C(=O)O)nc12. The molecule has 0 unspecified atom stereocenters. The van der Waals surface area contributed by atoms with E-state index in [4.69, 9.17) is 9.84 Å². The lowest BCUT2D eigenvalue weighted by molar-refractivity contribution is -0.131. The second-order valence-electron chi connectivity index (χ2n) is 3.89. The van der Waals surface area contributed by atoms with E-state index in [0.717, 1.165) is 22.5 Å². The number of nitrogens with zero attached hydrogens (tertiary/aromatic N) is 1. The van der Waals surface area contributed by atoms with Gasteiger partial charge in [-0.25, -0.2) is 9.78 Å². The lowest BCUT2D eigenvalue weighted by Crippen LogP contribution is -1.93. The Labute approximate surface area is 105 Å². The van der Waals surface area contributed by atoms with Crippen LogP contribution in [0.1, 0.15) is 11.3 Å². The number of rotatable bonds is 3. The van der Waals surface area contributed by atoms with Crippen molar-refractivity contribution in [2.75, 3.05) is 7.11 Å². The average Bonchev–Trinajstić information content (AvgIpc) is 2.36. The zero-order valence-corrected chi connectivity index (χ0v) is 10.2. The highest BCUT2D eigenvalue weighted by molar-refractivity contribution is 5.89. The molecule has 1 heterocycles. The fraction of sp³-hybridized carbons (Fsp3) is 0.143. The number of aryl methyl sites for hydroxylation is 1. The van der Waals surface area contributed by atoms with Crippen molar-refractivity contribution in [1.29, 1.82) is 0 Å². The number of aliphatic carboxylic acids is 1. The second kappa shape index (κ2) is 4.87. The molecule has 0 fully saturated rings. The number of benzene rings is 1. The topological polar surface area (TPSA) is 59.4 Å². The number of carboxylic acids is 1. The van der Waals surface area contributed by atoms with Crippen molar-refractivity contribution in [3.8, 4) is 5.75 Å². The number of carbonyl (C=O) groups is 1. The van der Waals surface area contributed by atoms with E-state index in [-0.39, 0.29) is 0 Å². The minimum atomic E-state index is -0.991. The Morgan fingerprint density at radius 3 is 2.89 bits per heavy atom. The van der Waals surface area contributed by atoms with Crippen molar-refractivity contribution in [3.05, 3.63) is 41.6 Å². The highest BCUT2D eigenvalue weighted by Crippen LogP contribution is 2.26. The largest absolute Gasteiger partial charge is 0.494 e. The van der Waals surface area contributed by atoms with Gasteiger partial charge in [0.2, 0.25) is 0 Å². The summed E-state index contributed by atoms with van der Waals surface area (Å²) in [6.45, 7) is 1.96. The smallest absolute Gasteiger partial charge is 0.328 e. The summed E-state index contributed by atoms with van der Waals surface area (Å²) in [4.78, 5) is 14.9. The molecular weight excluding hydrogens is 230 g/mol. The van der Waals surface area contributed by atoms with Gasteiger partial charge in [-0.15, -0.1) is 0 Å². The molecule has 0 radical (unpaired) electrons. The molecule has 1 N–H and O–H groups in total. The third kappa shape index (κ3) is 2.32. The van der Waals surface area contributed by atoms with Gasteiger partial charge in [-0.3, -0.25) is 0 Å². The monoisotopic (exact) mass is 243 g/mol. The van der Waals surface area contributed by atoms with Crippen LogP contribution in [-0.2, 0) is 4.79 Å². The van der Waals surface area contributed by atoms with Crippen LogP contribution < -0.4 is 4.74 Å². The number of carboxylic acid groups (broad SMARTS) is 1. The van der Waals surface area contributed by atoms with E-state index in [1.165, 1.54) is 6.08 Å². The van der Waals surface area contributed by atoms with E-state index in [1.54, 1.807) is 7.11 Å². The van der Waals surface area contributed by atoms with Crippen molar-refractivity contribution >= 4 is 22.9 Å². The molecule has 0 aliphatic rings. The van der Waals surface area contributed by atoms with Gasteiger partial charge in [-0.2, -0.15) is 0 Å². The molecule has 2 aromatic rings. The third-order valence-corrected chi connectivity index (χ3v) is 2.65. The number of hydrogen-bond donors (Lipinski definition) is 1. The van der Waals surface area contributed by atoms with Gasteiger partial charge >= 0.3 is 5.97 Å². The lowest BCUT2D eigenvalue weighted by Gasteiger charge is -2.07. The summed E-state index contributed by atoms with van der Waals surface area (Å²) < 4.78 is 5.26. The molecule has 0 aliphatic carbocycles. The highest BCUT2D eigenvalue weighted by Gasteiger charge is 2.06. The van der Waals surface area contributed by atoms with Crippen LogP contribution in [0, 0.1) is 6.92 Å². The summed E-state index contributed by atoms with van der Waals surface area (Å²) in [6.07, 6.45) is 2.55. The van der Waals surface area contributed by atoms with Crippen LogP contribution in [0.4, 0.5) is 0 Å². The maximum atomic E-state index is 10.5. The molecular formula is C14H13NO3. The Balaban J connectivity index is 2.63. The maximum absolute atomic E-state index is 10.5. The van der Waals surface area contributed by atoms with Crippen molar-refractivity contribution in [2.45, 2.75) is 6.92 Å². The van der Waals surface area contributed by atoms with E-state index in [9.17, 15) is 4.79 Å². The van der Waals surface area contributed by atoms with Gasteiger partial charge in [0.15, 0.2) is 0 Å². The zero-order valence-electron chi connectivity index (χ0n) is 10.2. The Morgan fingerprint density at radius 2 is 2.22 bits per heavy atom. The first-order valence-electron chi connectivity index (χ1n) is 5.47. The summed E-state index contributed by atoms with van der Waals surface area (Å²) in [6, 6.07) is 7.55. The standard InChI is InChI=1S/C14H13NO3/c1-9-8-10(6-7-13(16)17)15-14-11(9)4-3-5-12(14)18-2/h3-8H,1-2H3,(H,16,17)/b7-6+. The van der Waals surface area contributed by atoms with E-state index in [0.29, 0.717) is 11.4 Å². The van der Waals surface area contributed by atoms with E-state index in [2.05, 4.69) is 4.98 Å². The molecule has 4 nitrogen and oxygen atoms in total. The lowest BCUT2D eigenvalue weighted by atomic mass is 10.1. The molecule has 0 spiro atoms. The number of aromatic nitrogens is 1.